The van der Waals surface area contributed by atoms with Crippen molar-refractivity contribution in [3.05, 3.63) is 169 Å². The number of rotatable bonds is 5. The number of fused-ring (bicyclic) bond motifs is 4. The van der Waals surface area contributed by atoms with Crippen LogP contribution in [0.2, 0.25) is 0 Å². The quantitative estimate of drug-likeness (QED) is 0.220. The normalized spacial score (nSPS) is 13.0. The van der Waals surface area contributed by atoms with E-state index in [9.17, 15) is 0 Å². The molecule has 0 amide bonds. The van der Waals surface area contributed by atoms with Gasteiger partial charge in [-0.1, -0.05) is 153 Å². The van der Waals surface area contributed by atoms with E-state index in [2.05, 4.69) is 177 Å². The van der Waals surface area contributed by atoms with Crippen LogP contribution in [0.15, 0.2) is 158 Å². The van der Waals surface area contributed by atoms with E-state index in [-0.39, 0.29) is 5.41 Å². The van der Waals surface area contributed by atoms with Crippen molar-refractivity contribution in [1.29, 1.82) is 0 Å². The Morgan fingerprint density at radius 2 is 1.05 bits per heavy atom. The lowest BCUT2D eigenvalue weighted by Gasteiger charge is -2.22. The van der Waals surface area contributed by atoms with Crippen molar-refractivity contribution in [3.63, 3.8) is 0 Å². The largest absolute Gasteiger partial charge is 0.355 e. The van der Waals surface area contributed by atoms with Gasteiger partial charge in [-0.2, -0.15) is 0 Å². The van der Waals surface area contributed by atoms with Crippen LogP contribution in [0.25, 0.3) is 55.3 Å². The van der Waals surface area contributed by atoms with Gasteiger partial charge in [0, 0.05) is 22.4 Å². The summed E-state index contributed by atoms with van der Waals surface area (Å²) in [4.78, 5) is 0. The molecule has 0 saturated carbocycles. The van der Waals surface area contributed by atoms with Crippen LogP contribution >= 0.6 is 0 Å². The van der Waals surface area contributed by atoms with E-state index < -0.39 is 0 Å². The smallest absolute Gasteiger partial charge is 0.0463 e. The lowest BCUT2D eigenvalue weighted by Crippen LogP contribution is -2.15. The summed E-state index contributed by atoms with van der Waals surface area (Å²) in [6.07, 6.45) is 0. The van der Waals surface area contributed by atoms with E-state index in [1.54, 1.807) is 0 Å². The van der Waals surface area contributed by atoms with Gasteiger partial charge in [0.2, 0.25) is 0 Å². The van der Waals surface area contributed by atoms with E-state index in [4.69, 9.17) is 0 Å². The number of benzene rings is 7. The third kappa shape index (κ3) is 4.32. The van der Waals surface area contributed by atoms with Crippen molar-refractivity contribution >= 4 is 22.1 Å². The zero-order valence-corrected chi connectivity index (χ0v) is 25.0. The van der Waals surface area contributed by atoms with Crippen LogP contribution < -0.4 is 5.32 Å². The van der Waals surface area contributed by atoms with Gasteiger partial charge in [-0.05, 0) is 79.0 Å². The molecule has 1 heteroatoms. The molecule has 1 nitrogen and oxygen atoms in total. The molecular weight excluding hydrogens is 530 g/mol. The molecule has 210 valence electrons. The number of hydrogen-bond acceptors (Lipinski definition) is 1. The van der Waals surface area contributed by atoms with Crippen LogP contribution in [0.5, 0.6) is 0 Å². The Morgan fingerprint density at radius 1 is 0.432 bits per heavy atom. The SMILES string of the molecule is CC1(C)c2cc(Nc3ccccc3-c3ccccc3)ccc2-c2c(-c3ccc(-c4cccc5ccccc45)cc3)cccc21. The standard InChI is InChI=1S/C43H33N/c1-43(2)39-20-11-19-37(32-24-22-31(23-25-32)35-18-10-15-29-14-6-7-16-34(29)35)42(39)38-27-26-33(28-40(38)43)44-41-21-9-8-17-36(41)30-12-4-3-5-13-30/h3-28,44H,1-2H3. The molecule has 1 aliphatic rings. The Kier molecular flexibility index (Phi) is 6.20. The fourth-order valence-corrected chi connectivity index (χ4v) is 7.03. The second-order valence-electron chi connectivity index (χ2n) is 12.3. The van der Waals surface area contributed by atoms with Crippen LogP contribution in [-0.2, 0) is 5.41 Å². The molecule has 0 spiro atoms. The lowest BCUT2D eigenvalue weighted by molar-refractivity contribution is 0.661. The van der Waals surface area contributed by atoms with E-state index >= 15 is 0 Å². The minimum Gasteiger partial charge on any atom is -0.355 e. The fourth-order valence-electron chi connectivity index (χ4n) is 7.03. The molecular formula is C43H33N. The van der Waals surface area contributed by atoms with Gasteiger partial charge in [-0.3, -0.25) is 0 Å². The van der Waals surface area contributed by atoms with Gasteiger partial charge in [0.15, 0.2) is 0 Å². The first-order valence-corrected chi connectivity index (χ1v) is 15.4. The molecule has 0 unspecified atom stereocenters. The summed E-state index contributed by atoms with van der Waals surface area (Å²) in [5, 5.41) is 6.30. The number of hydrogen-bond donors (Lipinski definition) is 1. The molecule has 0 aromatic heterocycles. The van der Waals surface area contributed by atoms with E-state index in [0.29, 0.717) is 0 Å². The second kappa shape index (κ2) is 10.4. The van der Waals surface area contributed by atoms with Crippen molar-refractivity contribution in [1.82, 2.24) is 0 Å². The van der Waals surface area contributed by atoms with Crippen molar-refractivity contribution in [3.8, 4) is 44.5 Å². The molecule has 7 aromatic rings. The topological polar surface area (TPSA) is 12.0 Å². The van der Waals surface area contributed by atoms with Crippen LogP contribution in [0.1, 0.15) is 25.0 Å². The third-order valence-corrected chi connectivity index (χ3v) is 9.29. The fraction of sp³-hybridized carbons (Fsp3) is 0.0698. The summed E-state index contributed by atoms with van der Waals surface area (Å²) in [5.41, 5.74) is 15.0. The summed E-state index contributed by atoms with van der Waals surface area (Å²) in [7, 11) is 0. The first-order valence-electron chi connectivity index (χ1n) is 15.4. The van der Waals surface area contributed by atoms with Gasteiger partial charge in [0.05, 0.1) is 0 Å². The highest BCUT2D eigenvalue weighted by atomic mass is 14.9. The minimum absolute atomic E-state index is 0.111. The van der Waals surface area contributed by atoms with Crippen LogP contribution in [0.4, 0.5) is 11.4 Å². The number of para-hydroxylation sites is 1. The van der Waals surface area contributed by atoms with Gasteiger partial charge in [-0.25, -0.2) is 0 Å². The van der Waals surface area contributed by atoms with E-state index in [1.807, 2.05) is 0 Å². The molecule has 0 aliphatic heterocycles. The maximum atomic E-state index is 3.75. The maximum Gasteiger partial charge on any atom is 0.0463 e. The Hall–Kier alpha value is -5.40. The molecule has 7 aromatic carbocycles. The Balaban J connectivity index is 1.17. The summed E-state index contributed by atoms with van der Waals surface area (Å²) >= 11 is 0. The van der Waals surface area contributed by atoms with Gasteiger partial charge in [-0.15, -0.1) is 0 Å². The van der Waals surface area contributed by atoms with Crippen LogP contribution in [0.3, 0.4) is 0 Å². The lowest BCUT2D eigenvalue weighted by atomic mass is 9.82. The molecule has 44 heavy (non-hydrogen) atoms. The highest BCUT2D eigenvalue weighted by Gasteiger charge is 2.37. The summed E-state index contributed by atoms with van der Waals surface area (Å²) in [5.74, 6) is 0. The summed E-state index contributed by atoms with van der Waals surface area (Å²) in [6, 6.07) is 57.1. The Labute approximate surface area is 259 Å². The Morgan fingerprint density at radius 3 is 1.89 bits per heavy atom. The highest BCUT2D eigenvalue weighted by molar-refractivity contribution is 5.98. The van der Waals surface area contributed by atoms with E-state index in [0.717, 1.165) is 11.4 Å². The van der Waals surface area contributed by atoms with Crippen LogP contribution in [0, 0.1) is 0 Å². The number of nitrogens with one attached hydrogen (secondary N) is 1. The molecule has 0 radical (unpaired) electrons. The van der Waals surface area contributed by atoms with E-state index in [1.165, 1.54) is 66.4 Å². The molecule has 0 saturated heterocycles. The molecule has 8 rings (SSSR count). The monoisotopic (exact) mass is 563 g/mol. The zero-order valence-electron chi connectivity index (χ0n) is 25.0. The minimum atomic E-state index is -0.111. The third-order valence-electron chi connectivity index (χ3n) is 9.29. The molecule has 1 N–H and O–H groups in total. The van der Waals surface area contributed by atoms with Crippen molar-refractivity contribution in [2.24, 2.45) is 0 Å². The predicted molar refractivity (Wildman–Crippen MR) is 188 cm³/mol. The van der Waals surface area contributed by atoms with Crippen molar-refractivity contribution in [2.75, 3.05) is 5.32 Å². The van der Waals surface area contributed by atoms with Gasteiger partial charge in [0.1, 0.15) is 0 Å². The predicted octanol–water partition coefficient (Wildman–Crippen LogP) is 11.9. The van der Waals surface area contributed by atoms with Crippen LogP contribution in [-0.4, -0.2) is 0 Å². The highest BCUT2D eigenvalue weighted by Crippen LogP contribution is 2.53. The zero-order chi connectivity index (χ0) is 29.7. The molecule has 0 atom stereocenters. The first kappa shape index (κ1) is 26.2. The molecule has 0 bridgehead atoms. The molecule has 0 heterocycles. The first-order chi connectivity index (χ1) is 21.6. The molecule has 0 fully saturated rings. The maximum absolute atomic E-state index is 3.75. The van der Waals surface area contributed by atoms with Gasteiger partial charge < -0.3 is 5.32 Å². The molecule has 1 aliphatic carbocycles. The van der Waals surface area contributed by atoms with Gasteiger partial charge >= 0.3 is 0 Å². The average Bonchev–Trinajstić information content (AvgIpc) is 3.31. The average molecular weight is 564 g/mol. The van der Waals surface area contributed by atoms with Crippen molar-refractivity contribution in [2.45, 2.75) is 19.3 Å². The summed E-state index contributed by atoms with van der Waals surface area (Å²) in [6.45, 7) is 4.71. The Bertz CT molecular complexity index is 2150. The second-order valence-corrected chi connectivity index (χ2v) is 12.3. The summed E-state index contributed by atoms with van der Waals surface area (Å²) < 4.78 is 0. The number of anilines is 2. The van der Waals surface area contributed by atoms with Gasteiger partial charge in [0.25, 0.3) is 0 Å². The van der Waals surface area contributed by atoms with Crippen molar-refractivity contribution < 1.29 is 0 Å².